The normalized spacial score (nSPS) is 15.1. The van der Waals surface area contributed by atoms with Gasteiger partial charge in [-0.25, -0.2) is 9.78 Å². The third-order valence-electron chi connectivity index (χ3n) is 7.18. The molecule has 12 heteroatoms. The van der Waals surface area contributed by atoms with Crippen molar-refractivity contribution in [1.29, 1.82) is 0 Å². The number of nitrogens with one attached hydrogen (secondary N) is 5. The number of nitrogens with zero attached hydrogens (tertiary/aromatic N) is 1. The van der Waals surface area contributed by atoms with E-state index >= 15 is 0 Å². The number of carboxylic acid groups (broad SMARTS) is 1. The molecule has 8 N–H and O–H groups in total. The van der Waals surface area contributed by atoms with Crippen molar-refractivity contribution in [2.24, 2.45) is 17.6 Å². The molecule has 0 aliphatic carbocycles. The summed E-state index contributed by atoms with van der Waals surface area (Å²) < 4.78 is 0. The number of H-pyrrole nitrogens is 2. The number of benzene rings is 1. The van der Waals surface area contributed by atoms with E-state index in [4.69, 9.17) is 5.73 Å². The Morgan fingerprint density at radius 2 is 1.66 bits per heavy atom. The van der Waals surface area contributed by atoms with E-state index in [0.717, 1.165) is 16.5 Å². The van der Waals surface area contributed by atoms with Crippen molar-refractivity contribution in [2.75, 3.05) is 0 Å². The molecule has 0 bridgehead atoms. The topological polar surface area (TPSA) is 195 Å². The average Bonchev–Trinajstić information content (AvgIpc) is 3.59. The predicted molar refractivity (Wildman–Crippen MR) is 155 cm³/mol. The molecule has 3 rings (SSSR count). The molecule has 0 aliphatic heterocycles. The van der Waals surface area contributed by atoms with Crippen LogP contribution in [-0.4, -0.2) is 67.9 Å². The molecule has 0 saturated carbocycles. The lowest BCUT2D eigenvalue weighted by molar-refractivity contribution is -0.142. The Balaban J connectivity index is 1.79. The zero-order valence-electron chi connectivity index (χ0n) is 23.9. The summed E-state index contributed by atoms with van der Waals surface area (Å²) in [4.78, 5) is 61.9. The zero-order valence-corrected chi connectivity index (χ0v) is 23.9. The van der Waals surface area contributed by atoms with Crippen LogP contribution in [0, 0.1) is 11.8 Å². The molecular weight excluding hydrogens is 526 g/mol. The van der Waals surface area contributed by atoms with Crippen molar-refractivity contribution >= 4 is 34.6 Å². The van der Waals surface area contributed by atoms with Gasteiger partial charge in [0.15, 0.2) is 0 Å². The fourth-order valence-corrected chi connectivity index (χ4v) is 4.66. The van der Waals surface area contributed by atoms with Gasteiger partial charge in [0.2, 0.25) is 17.7 Å². The van der Waals surface area contributed by atoms with Gasteiger partial charge in [0, 0.05) is 41.8 Å². The number of imidazole rings is 1. The molecule has 2 heterocycles. The standard InChI is InChI=1S/C29H41N7O5/c1-5-17(4)25(36-26(37)21(30)10-16(2)3)28(39)34-23(12-19-14-31-15-33-19)27(38)35-24(29(40)41)11-18-13-32-22-9-7-6-8-20(18)22/h6-9,13-17,21,23-25,32H,5,10-12,30H2,1-4H3,(H,31,33)(H,34,39)(H,35,38)(H,36,37)(H,40,41). The number of rotatable bonds is 15. The van der Waals surface area contributed by atoms with Gasteiger partial charge in [0.1, 0.15) is 18.1 Å². The second-order valence-electron chi connectivity index (χ2n) is 10.9. The van der Waals surface area contributed by atoms with Gasteiger partial charge in [0.05, 0.1) is 12.4 Å². The van der Waals surface area contributed by atoms with Crippen molar-refractivity contribution in [3.05, 3.63) is 54.2 Å². The van der Waals surface area contributed by atoms with Crippen molar-refractivity contribution < 1.29 is 24.3 Å². The molecule has 5 atom stereocenters. The Morgan fingerprint density at radius 3 is 2.29 bits per heavy atom. The van der Waals surface area contributed by atoms with Gasteiger partial charge in [-0.2, -0.15) is 0 Å². The van der Waals surface area contributed by atoms with Crippen molar-refractivity contribution in [3.63, 3.8) is 0 Å². The average molecular weight is 568 g/mol. The van der Waals surface area contributed by atoms with Crippen LogP contribution in [0.3, 0.4) is 0 Å². The number of aromatic nitrogens is 3. The lowest BCUT2D eigenvalue weighted by Gasteiger charge is -2.28. The van der Waals surface area contributed by atoms with Crippen LogP contribution in [0.2, 0.25) is 0 Å². The number of carboxylic acids is 1. The van der Waals surface area contributed by atoms with E-state index in [-0.39, 0.29) is 24.7 Å². The van der Waals surface area contributed by atoms with E-state index < -0.39 is 47.9 Å². The van der Waals surface area contributed by atoms with E-state index in [1.807, 2.05) is 52.0 Å². The van der Waals surface area contributed by atoms with Gasteiger partial charge in [-0.3, -0.25) is 14.4 Å². The fraction of sp³-hybridized carbons (Fsp3) is 0.483. The fourth-order valence-electron chi connectivity index (χ4n) is 4.66. The largest absolute Gasteiger partial charge is 0.480 e. The molecular formula is C29H41N7O5. The van der Waals surface area contributed by atoms with Gasteiger partial charge >= 0.3 is 5.97 Å². The summed E-state index contributed by atoms with van der Waals surface area (Å²) in [5.41, 5.74) is 8.20. The summed E-state index contributed by atoms with van der Waals surface area (Å²) in [5, 5.41) is 18.9. The minimum absolute atomic E-state index is 0.0328. The molecule has 222 valence electrons. The molecule has 0 spiro atoms. The molecule has 3 aromatic rings. The summed E-state index contributed by atoms with van der Waals surface area (Å²) in [5.74, 6) is -2.95. The summed E-state index contributed by atoms with van der Waals surface area (Å²) in [6.07, 6.45) is 5.80. The monoisotopic (exact) mass is 567 g/mol. The molecule has 3 amide bonds. The van der Waals surface area contributed by atoms with Crippen LogP contribution in [0.1, 0.15) is 51.8 Å². The highest BCUT2D eigenvalue weighted by Crippen LogP contribution is 2.19. The lowest BCUT2D eigenvalue weighted by atomic mass is 9.96. The Bertz CT molecular complexity index is 1320. The number of aliphatic carboxylic acids is 1. The number of fused-ring (bicyclic) bond motifs is 1. The first-order chi connectivity index (χ1) is 19.5. The van der Waals surface area contributed by atoms with Crippen LogP contribution in [0.5, 0.6) is 0 Å². The van der Waals surface area contributed by atoms with Crippen LogP contribution < -0.4 is 21.7 Å². The number of carbonyl (C=O) groups excluding carboxylic acids is 3. The summed E-state index contributed by atoms with van der Waals surface area (Å²) >= 11 is 0. The maximum absolute atomic E-state index is 13.5. The highest BCUT2D eigenvalue weighted by atomic mass is 16.4. The number of aromatic amines is 2. The van der Waals surface area contributed by atoms with Crippen LogP contribution in [-0.2, 0) is 32.0 Å². The first-order valence-corrected chi connectivity index (χ1v) is 13.9. The van der Waals surface area contributed by atoms with Gasteiger partial charge in [0.25, 0.3) is 0 Å². The minimum Gasteiger partial charge on any atom is -0.480 e. The van der Waals surface area contributed by atoms with Gasteiger partial charge in [-0.05, 0) is 29.9 Å². The molecule has 1 aromatic carbocycles. The Hall–Kier alpha value is -4.19. The lowest BCUT2D eigenvalue weighted by Crippen LogP contribution is -2.59. The number of para-hydroxylation sites is 1. The van der Waals surface area contributed by atoms with Crippen molar-refractivity contribution in [2.45, 2.75) is 77.5 Å². The quantitative estimate of drug-likeness (QED) is 0.145. The summed E-state index contributed by atoms with van der Waals surface area (Å²) in [6.45, 7) is 7.62. The SMILES string of the molecule is CCC(C)C(NC(=O)C(N)CC(C)C)C(=O)NC(Cc1cnc[nH]1)C(=O)NC(Cc1c[nH]c2ccccc12)C(=O)O. The highest BCUT2D eigenvalue weighted by Gasteiger charge is 2.33. The number of amides is 3. The first kappa shape index (κ1) is 31.3. The van der Waals surface area contributed by atoms with Crippen LogP contribution in [0.4, 0.5) is 0 Å². The van der Waals surface area contributed by atoms with E-state index in [2.05, 4.69) is 30.9 Å². The Labute approximate surface area is 239 Å². The smallest absolute Gasteiger partial charge is 0.326 e. The third kappa shape index (κ3) is 8.65. The Kier molecular flexibility index (Phi) is 11.0. The van der Waals surface area contributed by atoms with Crippen LogP contribution in [0.15, 0.2) is 43.0 Å². The molecule has 0 radical (unpaired) electrons. The second-order valence-corrected chi connectivity index (χ2v) is 10.9. The number of carbonyl (C=O) groups is 4. The number of nitrogens with two attached hydrogens (primary N) is 1. The van der Waals surface area contributed by atoms with Crippen molar-refractivity contribution in [3.8, 4) is 0 Å². The van der Waals surface area contributed by atoms with E-state index in [0.29, 0.717) is 18.5 Å². The third-order valence-corrected chi connectivity index (χ3v) is 7.18. The van der Waals surface area contributed by atoms with Crippen molar-refractivity contribution in [1.82, 2.24) is 30.9 Å². The Morgan fingerprint density at radius 1 is 0.951 bits per heavy atom. The predicted octanol–water partition coefficient (Wildman–Crippen LogP) is 1.63. The highest BCUT2D eigenvalue weighted by molar-refractivity contribution is 5.94. The van der Waals surface area contributed by atoms with Gasteiger partial charge in [-0.1, -0.05) is 52.3 Å². The number of hydrogen-bond donors (Lipinski definition) is 7. The molecule has 0 fully saturated rings. The van der Waals surface area contributed by atoms with Gasteiger partial charge in [-0.15, -0.1) is 0 Å². The molecule has 0 saturated heterocycles. The summed E-state index contributed by atoms with van der Waals surface area (Å²) in [7, 11) is 0. The second kappa shape index (κ2) is 14.4. The number of hydrogen-bond acceptors (Lipinski definition) is 6. The van der Waals surface area contributed by atoms with Crippen LogP contribution >= 0.6 is 0 Å². The molecule has 5 unspecified atom stereocenters. The minimum atomic E-state index is -1.25. The maximum atomic E-state index is 13.5. The maximum Gasteiger partial charge on any atom is 0.326 e. The van der Waals surface area contributed by atoms with E-state index in [1.54, 1.807) is 6.20 Å². The van der Waals surface area contributed by atoms with E-state index in [1.165, 1.54) is 12.5 Å². The molecule has 12 nitrogen and oxygen atoms in total. The van der Waals surface area contributed by atoms with E-state index in [9.17, 15) is 24.3 Å². The van der Waals surface area contributed by atoms with Gasteiger partial charge < -0.3 is 36.8 Å². The molecule has 0 aliphatic rings. The molecule has 2 aromatic heterocycles. The first-order valence-electron chi connectivity index (χ1n) is 13.9. The van der Waals surface area contributed by atoms with Crippen LogP contribution in [0.25, 0.3) is 10.9 Å². The summed E-state index contributed by atoms with van der Waals surface area (Å²) in [6, 6.07) is 3.37. The molecule has 41 heavy (non-hydrogen) atoms. The zero-order chi connectivity index (χ0) is 30.1.